The first-order valence-corrected chi connectivity index (χ1v) is 7.12. The molecule has 100 valence electrons. The van der Waals surface area contributed by atoms with Crippen molar-refractivity contribution < 1.29 is 9.84 Å². The molecule has 0 aromatic heterocycles. The number of hydrogen-bond donors (Lipinski definition) is 1. The van der Waals surface area contributed by atoms with Crippen LogP contribution in [0.3, 0.4) is 0 Å². The third-order valence-corrected chi connectivity index (χ3v) is 3.62. The van der Waals surface area contributed by atoms with Crippen molar-refractivity contribution in [2.24, 2.45) is 0 Å². The van der Waals surface area contributed by atoms with Crippen LogP contribution in [0.15, 0.2) is 46.9 Å². The summed E-state index contributed by atoms with van der Waals surface area (Å²) in [5.41, 5.74) is 3.35. The fourth-order valence-electron chi connectivity index (χ4n) is 1.79. The minimum Gasteiger partial charge on any atom is -0.488 e. The van der Waals surface area contributed by atoms with E-state index in [1.54, 1.807) is 0 Å². The lowest BCUT2D eigenvalue weighted by atomic mass is 10.1. The van der Waals surface area contributed by atoms with E-state index >= 15 is 0 Å². The SMILES string of the molecule is CCc1ccc(COc2ccc(CO)cc2Br)cc1. The van der Waals surface area contributed by atoms with Crippen molar-refractivity contribution in [2.45, 2.75) is 26.6 Å². The van der Waals surface area contributed by atoms with Gasteiger partial charge < -0.3 is 9.84 Å². The van der Waals surface area contributed by atoms with Gasteiger partial charge in [-0.15, -0.1) is 0 Å². The van der Waals surface area contributed by atoms with Gasteiger partial charge in [0.05, 0.1) is 11.1 Å². The van der Waals surface area contributed by atoms with E-state index in [0.29, 0.717) is 6.61 Å². The molecular weight excluding hydrogens is 304 g/mol. The van der Waals surface area contributed by atoms with Gasteiger partial charge in [0.15, 0.2) is 0 Å². The molecule has 0 heterocycles. The molecule has 0 aliphatic carbocycles. The molecule has 0 spiro atoms. The Kier molecular flexibility index (Phi) is 5.00. The molecule has 0 saturated carbocycles. The summed E-state index contributed by atoms with van der Waals surface area (Å²) >= 11 is 3.45. The fourth-order valence-corrected chi connectivity index (χ4v) is 2.33. The first-order chi connectivity index (χ1) is 9.22. The van der Waals surface area contributed by atoms with Gasteiger partial charge in [-0.25, -0.2) is 0 Å². The second-order valence-corrected chi connectivity index (χ2v) is 5.24. The fraction of sp³-hybridized carbons (Fsp3) is 0.250. The van der Waals surface area contributed by atoms with Gasteiger partial charge in [0.2, 0.25) is 0 Å². The van der Waals surface area contributed by atoms with E-state index in [2.05, 4.69) is 47.1 Å². The molecule has 0 radical (unpaired) electrons. The predicted molar refractivity (Wildman–Crippen MR) is 80.2 cm³/mol. The molecule has 0 atom stereocenters. The second kappa shape index (κ2) is 6.73. The summed E-state index contributed by atoms with van der Waals surface area (Å²) in [4.78, 5) is 0. The molecule has 0 unspecified atom stereocenters. The summed E-state index contributed by atoms with van der Waals surface area (Å²) in [5, 5.41) is 9.05. The number of aliphatic hydroxyl groups is 1. The molecule has 1 N–H and O–H groups in total. The number of halogens is 1. The van der Waals surface area contributed by atoms with Crippen LogP contribution < -0.4 is 4.74 Å². The molecule has 19 heavy (non-hydrogen) atoms. The van der Waals surface area contributed by atoms with E-state index in [0.717, 1.165) is 27.8 Å². The molecule has 2 nitrogen and oxygen atoms in total. The molecule has 2 rings (SSSR count). The Labute approximate surface area is 122 Å². The van der Waals surface area contributed by atoms with Crippen LogP contribution in [0.4, 0.5) is 0 Å². The maximum absolute atomic E-state index is 9.05. The molecular formula is C16H17BrO2. The molecule has 2 aromatic rings. The first kappa shape index (κ1) is 14.1. The average molecular weight is 321 g/mol. The van der Waals surface area contributed by atoms with Crippen molar-refractivity contribution in [1.29, 1.82) is 0 Å². The van der Waals surface area contributed by atoms with Crippen LogP contribution in [-0.4, -0.2) is 5.11 Å². The third kappa shape index (κ3) is 3.82. The average Bonchev–Trinajstić information content (AvgIpc) is 2.46. The summed E-state index contributed by atoms with van der Waals surface area (Å²) in [5.74, 6) is 0.789. The Bertz CT molecular complexity index is 535. The molecule has 0 fully saturated rings. The summed E-state index contributed by atoms with van der Waals surface area (Å²) in [7, 11) is 0. The first-order valence-electron chi connectivity index (χ1n) is 6.33. The van der Waals surface area contributed by atoms with Crippen molar-refractivity contribution in [2.75, 3.05) is 0 Å². The minimum atomic E-state index is 0.0390. The summed E-state index contributed by atoms with van der Waals surface area (Å²) in [6, 6.07) is 14.0. The Balaban J connectivity index is 2.01. The Morgan fingerprint density at radius 3 is 2.21 bits per heavy atom. The predicted octanol–water partition coefficient (Wildman–Crippen LogP) is 4.08. The standard InChI is InChI=1S/C16H17BrO2/c1-2-12-3-5-13(6-4-12)11-19-16-8-7-14(10-18)9-15(16)17/h3-9,18H,2,10-11H2,1H3. The number of hydrogen-bond acceptors (Lipinski definition) is 2. The van der Waals surface area contributed by atoms with E-state index in [1.807, 2.05) is 18.2 Å². The van der Waals surface area contributed by atoms with Crippen LogP contribution in [0, 0.1) is 0 Å². The smallest absolute Gasteiger partial charge is 0.134 e. The highest BCUT2D eigenvalue weighted by Crippen LogP contribution is 2.26. The van der Waals surface area contributed by atoms with Gasteiger partial charge in [0.25, 0.3) is 0 Å². The molecule has 2 aromatic carbocycles. The Morgan fingerprint density at radius 2 is 1.63 bits per heavy atom. The molecule has 3 heteroatoms. The quantitative estimate of drug-likeness (QED) is 0.899. The third-order valence-electron chi connectivity index (χ3n) is 3.00. The summed E-state index contributed by atoms with van der Waals surface area (Å²) < 4.78 is 6.63. The Hall–Kier alpha value is -1.32. The number of rotatable bonds is 5. The van der Waals surface area contributed by atoms with E-state index in [9.17, 15) is 0 Å². The number of aryl methyl sites for hydroxylation is 1. The van der Waals surface area contributed by atoms with E-state index < -0.39 is 0 Å². The lowest BCUT2D eigenvalue weighted by Crippen LogP contribution is -1.97. The zero-order valence-electron chi connectivity index (χ0n) is 10.9. The highest BCUT2D eigenvalue weighted by molar-refractivity contribution is 9.10. The second-order valence-electron chi connectivity index (χ2n) is 4.38. The highest BCUT2D eigenvalue weighted by Gasteiger charge is 2.03. The summed E-state index contributed by atoms with van der Waals surface area (Å²) in [6.45, 7) is 2.73. The van der Waals surface area contributed by atoms with Crippen molar-refractivity contribution in [3.05, 3.63) is 63.6 Å². The normalized spacial score (nSPS) is 10.5. The summed E-state index contributed by atoms with van der Waals surface area (Å²) in [6.07, 6.45) is 1.05. The van der Waals surface area contributed by atoms with E-state index in [4.69, 9.17) is 9.84 Å². The van der Waals surface area contributed by atoms with Gasteiger partial charge >= 0.3 is 0 Å². The zero-order chi connectivity index (χ0) is 13.7. The van der Waals surface area contributed by atoms with Gasteiger partial charge in [-0.05, 0) is 51.2 Å². The van der Waals surface area contributed by atoms with Crippen LogP contribution in [0.5, 0.6) is 5.75 Å². The highest BCUT2D eigenvalue weighted by atomic mass is 79.9. The van der Waals surface area contributed by atoms with Crippen molar-refractivity contribution >= 4 is 15.9 Å². The number of ether oxygens (including phenoxy) is 1. The lowest BCUT2D eigenvalue weighted by molar-refractivity contribution is 0.280. The number of benzene rings is 2. The molecule has 0 amide bonds. The monoisotopic (exact) mass is 320 g/mol. The van der Waals surface area contributed by atoms with Gasteiger partial charge in [0, 0.05) is 0 Å². The van der Waals surface area contributed by atoms with Crippen molar-refractivity contribution in [3.63, 3.8) is 0 Å². The molecule has 0 bridgehead atoms. The van der Waals surface area contributed by atoms with Crippen LogP contribution in [0.25, 0.3) is 0 Å². The molecule has 0 aliphatic heterocycles. The minimum absolute atomic E-state index is 0.0390. The maximum atomic E-state index is 9.05. The van der Waals surface area contributed by atoms with Crippen LogP contribution in [0.1, 0.15) is 23.6 Å². The van der Waals surface area contributed by atoms with Crippen LogP contribution >= 0.6 is 15.9 Å². The Morgan fingerprint density at radius 1 is 1.00 bits per heavy atom. The zero-order valence-corrected chi connectivity index (χ0v) is 12.5. The molecule has 0 aliphatic rings. The van der Waals surface area contributed by atoms with E-state index in [-0.39, 0.29) is 6.61 Å². The van der Waals surface area contributed by atoms with Crippen molar-refractivity contribution in [1.82, 2.24) is 0 Å². The van der Waals surface area contributed by atoms with Crippen LogP contribution in [0.2, 0.25) is 0 Å². The van der Waals surface area contributed by atoms with Crippen LogP contribution in [-0.2, 0) is 19.6 Å². The van der Waals surface area contributed by atoms with Gasteiger partial charge in [0.1, 0.15) is 12.4 Å². The topological polar surface area (TPSA) is 29.5 Å². The van der Waals surface area contributed by atoms with Gasteiger partial charge in [-0.2, -0.15) is 0 Å². The molecule has 0 saturated heterocycles. The van der Waals surface area contributed by atoms with Gasteiger partial charge in [-0.3, -0.25) is 0 Å². The lowest BCUT2D eigenvalue weighted by Gasteiger charge is -2.09. The number of aliphatic hydroxyl groups excluding tert-OH is 1. The van der Waals surface area contributed by atoms with Crippen molar-refractivity contribution in [3.8, 4) is 5.75 Å². The maximum Gasteiger partial charge on any atom is 0.134 e. The van der Waals surface area contributed by atoms with E-state index in [1.165, 1.54) is 5.56 Å². The van der Waals surface area contributed by atoms with Gasteiger partial charge in [-0.1, -0.05) is 37.3 Å². The largest absolute Gasteiger partial charge is 0.488 e.